The molecule has 1 aromatic heterocycles. The molecule has 0 radical (unpaired) electrons. The first-order valence-electron chi connectivity index (χ1n) is 5.79. The Hall–Kier alpha value is -0.830. The van der Waals surface area contributed by atoms with Crippen molar-refractivity contribution in [3.8, 4) is 0 Å². The molecule has 0 spiro atoms. The molecule has 0 aliphatic carbocycles. The number of aromatic nitrogens is 2. The van der Waals surface area contributed by atoms with Gasteiger partial charge in [-0.2, -0.15) is 5.10 Å². The zero-order valence-electron chi connectivity index (χ0n) is 10.5. The Labute approximate surface area is 92.9 Å². The Balaban J connectivity index is 2.77. The van der Waals surface area contributed by atoms with Crippen LogP contribution in [0.1, 0.15) is 32.2 Å². The van der Waals surface area contributed by atoms with Gasteiger partial charge in [-0.05, 0) is 32.9 Å². The fourth-order valence-corrected chi connectivity index (χ4v) is 1.93. The van der Waals surface area contributed by atoms with Gasteiger partial charge in [0.2, 0.25) is 0 Å². The fraction of sp³-hybridized carbons (Fsp3) is 0.750. The number of hydrogen-bond donors (Lipinski definition) is 1. The molecule has 15 heavy (non-hydrogen) atoms. The topological polar surface area (TPSA) is 29.9 Å². The molecule has 1 heterocycles. The van der Waals surface area contributed by atoms with Crippen molar-refractivity contribution in [2.75, 3.05) is 7.05 Å². The SMILES string of the molecule is CCn1nc(C)cc1CC(NC)C(C)C. The lowest BCUT2D eigenvalue weighted by Gasteiger charge is -2.20. The summed E-state index contributed by atoms with van der Waals surface area (Å²) >= 11 is 0. The maximum Gasteiger partial charge on any atom is 0.0596 e. The lowest BCUT2D eigenvalue weighted by molar-refractivity contribution is 0.412. The maximum absolute atomic E-state index is 4.46. The van der Waals surface area contributed by atoms with Crippen molar-refractivity contribution < 1.29 is 0 Å². The van der Waals surface area contributed by atoms with Crippen molar-refractivity contribution in [1.82, 2.24) is 15.1 Å². The zero-order valence-corrected chi connectivity index (χ0v) is 10.5. The molecule has 0 bridgehead atoms. The van der Waals surface area contributed by atoms with Gasteiger partial charge in [0.1, 0.15) is 0 Å². The van der Waals surface area contributed by atoms with Crippen molar-refractivity contribution in [2.45, 2.75) is 46.7 Å². The second-order valence-corrected chi connectivity index (χ2v) is 4.44. The van der Waals surface area contributed by atoms with Gasteiger partial charge in [-0.25, -0.2) is 0 Å². The maximum atomic E-state index is 4.46. The highest BCUT2D eigenvalue weighted by Crippen LogP contribution is 2.11. The Bertz CT molecular complexity index is 302. The second kappa shape index (κ2) is 5.31. The van der Waals surface area contributed by atoms with Crippen LogP contribution >= 0.6 is 0 Å². The second-order valence-electron chi connectivity index (χ2n) is 4.44. The van der Waals surface area contributed by atoms with Crippen LogP contribution in [0.4, 0.5) is 0 Å². The van der Waals surface area contributed by atoms with Crippen LogP contribution in [0.5, 0.6) is 0 Å². The standard InChI is InChI=1S/C12H23N3/c1-6-15-11(7-10(4)14-15)8-12(13-5)9(2)3/h7,9,12-13H,6,8H2,1-5H3. The Kier molecular flexibility index (Phi) is 4.33. The van der Waals surface area contributed by atoms with E-state index in [1.54, 1.807) is 0 Å². The average Bonchev–Trinajstić information content (AvgIpc) is 2.54. The summed E-state index contributed by atoms with van der Waals surface area (Å²) in [6, 6.07) is 2.72. The molecular weight excluding hydrogens is 186 g/mol. The Morgan fingerprint density at radius 2 is 2.13 bits per heavy atom. The summed E-state index contributed by atoms with van der Waals surface area (Å²) in [4.78, 5) is 0. The van der Waals surface area contributed by atoms with Gasteiger partial charge in [0.25, 0.3) is 0 Å². The highest BCUT2D eigenvalue weighted by atomic mass is 15.3. The van der Waals surface area contributed by atoms with E-state index in [-0.39, 0.29) is 0 Å². The van der Waals surface area contributed by atoms with Gasteiger partial charge in [-0.3, -0.25) is 4.68 Å². The first-order chi connectivity index (χ1) is 7.08. The molecule has 1 N–H and O–H groups in total. The van der Waals surface area contributed by atoms with Gasteiger partial charge in [0.15, 0.2) is 0 Å². The molecule has 1 aromatic rings. The van der Waals surface area contributed by atoms with Crippen LogP contribution in [0.3, 0.4) is 0 Å². The quantitative estimate of drug-likeness (QED) is 0.804. The molecule has 1 unspecified atom stereocenters. The number of aryl methyl sites for hydroxylation is 2. The molecule has 0 amide bonds. The van der Waals surface area contributed by atoms with Crippen molar-refractivity contribution in [1.29, 1.82) is 0 Å². The van der Waals surface area contributed by atoms with Crippen LogP contribution in [0.15, 0.2) is 6.07 Å². The van der Waals surface area contributed by atoms with Crippen molar-refractivity contribution in [3.63, 3.8) is 0 Å². The van der Waals surface area contributed by atoms with Gasteiger partial charge in [0, 0.05) is 24.7 Å². The van der Waals surface area contributed by atoms with E-state index in [4.69, 9.17) is 0 Å². The van der Waals surface area contributed by atoms with E-state index in [1.165, 1.54) is 5.69 Å². The van der Waals surface area contributed by atoms with Gasteiger partial charge < -0.3 is 5.32 Å². The number of hydrogen-bond acceptors (Lipinski definition) is 2. The summed E-state index contributed by atoms with van der Waals surface area (Å²) in [6.07, 6.45) is 1.06. The van der Waals surface area contributed by atoms with E-state index in [9.17, 15) is 0 Å². The lowest BCUT2D eigenvalue weighted by Crippen LogP contribution is -2.33. The minimum atomic E-state index is 0.534. The predicted molar refractivity (Wildman–Crippen MR) is 64.0 cm³/mol. The van der Waals surface area contributed by atoms with Crippen molar-refractivity contribution in [3.05, 3.63) is 17.5 Å². The third-order valence-electron chi connectivity index (χ3n) is 2.89. The summed E-state index contributed by atoms with van der Waals surface area (Å²) in [6.45, 7) is 9.65. The molecule has 0 aliphatic heterocycles. The van der Waals surface area contributed by atoms with Gasteiger partial charge >= 0.3 is 0 Å². The highest BCUT2D eigenvalue weighted by Gasteiger charge is 2.14. The van der Waals surface area contributed by atoms with E-state index in [2.05, 4.69) is 48.9 Å². The molecule has 3 nitrogen and oxygen atoms in total. The van der Waals surface area contributed by atoms with E-state index in [0.717, 1.165) is 18.7 Å². The Morgan fingerprint density at radius 3 is 2.60 bits per heavy atom. The normalized spacial score (nSPS) is 13.5. The van der Waals surface area contributed by atoms with Crippen LogP contribution in [0.2, 0.25) is 0 Å². The first kappa shape index (κ1) is 12.2. The van der Waals surface area contributed by atoms with Crippen molar-refractivity contribution >= 4 is 0 Å². The fourth-order valence-electron chi connectivity index (χ4n) is 1.93. The molecule has 0 fully saturated rings. The minimum absolute atomic E-state index is 0.534. The molecule has 0 saturated heterocycles. The van der Waals surface area contributed by atoms with E-state index in [0.29, 0.717) is 12.0 Å². The number of rotatable bonds is 5. The average molecular weight is 209 g/mol. The summed E-state index contributed by atoms with van der Waals surface area (Å²) in [5.41, 5.74) is 2.45. The summed E-state index contributed by atoms with van der Waals surface area (Å²) in [5, 5.41) is 7.83. The molecule has 3 heteroatoms. The van der Waals surface area contributed by atoms with Crippen LogP contribution in [0.25, 0.3) is 0 Å². The van der Waals surface area contributed by atoms with Crippen LogP contribution in [-0.4, -0.2) is 22.9 Å². The van der Waals surface area contributed by atoms with Gasteiger partial charge in [0.05, 0.1) is 5.69 Å². The molecule has 0 aliphatic rings. The Morgan fingerprint density at radius 1 is 1.47 bits per heavy atom. The van der Waals surface area contributed by atoms with E-state index >= 15 is 0 Å². The third-order valence-corrected chi connectivity index (χ3v) is 2.89. The summed E-state index contributed by atoms with van der Waals surface area (Å²) in [5.74, 6) is 0.649. The third kappa shape index (κ3) is 3.06. The highest BCUT2D eigenvalue weighted by molar-refractivity contribution is 5.10. The molecule has 0 saturated carbocycles. The molecular formula is C12H23N3. The van der Waals surface area contributed by atoms with Gasteiger partial charge in [-0.15, -0.1) is 0 Å². The zero-order chi connectivity index (χ0) is 11.4. The number of nitrogens with zero attached hydrogens (tertiary/aromatic N) is 2. The molecule has 86 valence electrons. The predicted octanol–water partition coefficient (Wildman–Crippen LogP) is 2.00. The lowest BCUT2D eigenvalue weighted by atomic mass is 9.99. The van der Waals surface area contributed by atoms with Crippen molar-refractivity contribution in [2.24, 2.45) is 5.92 Å². The molecule has 0 aromatic carbocycles. The smallest absolute Gasteiger partial charge is 0.0596 e. The van der Waals surface area contributed by atoms with Crippen LogP contribution < -0.4 is 5.32 Å². The monoisotopic (exact) mass is 209 g/mol. The largest absolute Gasteiger partial charge is 0.316 e. The van der Waals surface area contributed by atoms with Crippen LogP contribution in [-0.2, 0) is 13.0 Å². The molecule has 1 rings (SSSR count). The summed E-state index contributed by atoms with van der Waals surface area (Å²) in [7, 11) is 2.03. The number of nitrogens with one attached hydrogen (secondary N) is 1. The molecule has 1 atom stereocenters. The van der Waals surface area contributed by atoms with E-state index in [1.807, 2.05) is 7.05 Å². The van der Waals surface area contributed by atoms with E-state index < -0.39 is 0 Å². The number of likely N-dealkylation sites (N-methyl/N-ethyl adjacent to an activating group) is 1. The van der Waals surface area contributed by atoms with Gasteiger partial charge in [-0.1, -0.05) is 13.8 Å². The summed E-state index contributed by atoms with van der Waals surface area (Å²) < 4.78 is 2.10. The minimum Gasteiger partial charge on any atom is -0.316 e. The van der Waals surface area contributed by atoms with Crippen LogP contribution in [0, 0.1) is 12.8 Å². The first-order valence-corrected chi connectivity index (χ1v) is 5.79.